The van der Waals surface area contributed by atoms with Gasteiger partial charge in [0.05, 0.1) is 17.8 Å². The van der Waals surface area contributed by atoms with Gasteiger partial charge in [0.1, 0.15) is 17.4 Å². The maximum atomic E-state index is 11.9. The Morgan fingerprint density at radius 2 is 2.05 bits per heavy atom. The van der Waals surface area contributed by atoms with E-state index in [1.54, 1.807) is 32.4 Å². The number of nitrogens with zero attached hydrogens (tertiary/aromatic N) is 2. The van der Waals surface area contributed by atoms with Gasteiger partial charge in [0, 0.05) is 7.05 Å². The first-order valence-corrected chi connectivity index (χ1v) is 5.90. The van der Waals surface area contributed by atoms with Crippen LogP contribution in [0.15, 0.2) is 35.1 Å². The van der Waals surface area contributed by atoms with Crippen LogP contribution in [0.2, 0.25) is 5.02 Å². The molecule has 0 unspecified atom stereocenters. The molecule has 1 aromatic heterocycles. The van der Waals surface area contributed by atoms with Gasteiger partial charge in [-0.15, -0.1) is 0 Å². The zero-order chi connectivity index (χ0) is 14.0. The molecule has 0 fully saturated rings. The van der Waals surface area contributed by atoms with E-state index >= 15 is 0 Å². The van der Waals surface area contributed by atoms with Crippen molar-refractivity contribution < 1.29 is 4.74 Å². The van der Waals surface area contributed by atoms with Gasteiger partial charge in [-0.3, -0.25) is 4.79 Å². The Kier molecular flexibility index (Phi) is 3.59. The van der Waals surface area contributed by atoms with Crippen LogP contribution >= 0.6 is 11.6 Å². The number of hydrogen-bond acceptors (Lipinski definition) is 3. The average molecular weight is 275 g/mol. The first kappa shape index (κ1) is 13.2. The van der Waals surface area contributed by atoms with Gasteiger partial charge in [-0.05, 0) is 35.9 Å². The highest BCUT2D eigenvalue weighted by Gasteiger charge is 2.09. The molecular weight excluding hydrogens is 264 g/mol. The molecule has 0 aliphatic heterocycles. The van der Waals surface area contributed by atoms with Crippen LogP contribution in [0.4, 0.5) is 0 Å². The number of nitriles is 1. The van der Waals surface area contributed by atoms with E-state index in [4.69, 9.17) is 21.6 Å². The second-order valence-electron chi connectivity index (χ2n) is 3.96. The summed E-state index contributed by atoms with van der Waals surface area (Å²) in [7, 11) is 3.16. The van der Waals surface area contributed by atoms with Gasteiger partial charge in [-0.2, -0.15) is 5.26 Å². The van der Waals surface area contributed by atoms with Crippen molar-refractivity contribution in [2.45, 2.75) is 0 Å². The minimum absolute atomic E-state index is 0.117. The molecule has 0 aliphatic carbocycles. The largest absolute Gasteiger partial charge is 0.495 e. The maximum Gasteiger partial charge on any atom is 0.268 e. The second kappa shape index (κ2) is 5.17. The molecular formula is C14H11ClN2O2. The molecule has 0 saturated carbocycles. The van der Waals surface area contributed by atoms with Crippen LogP contribution in [0.25, 0.3) is 11.3 Å². The minimum Gasteiger partial charge on any atom is -0.495 e. The van der Waals surface area contributed by atoms with Gasteiger partial charge in [0.25, 0.3) is 5.56 Å². The van der Waals surface area contributed by atoms with E-state index < -0.39 is 0 Å². The standard InChI is InChI=1S/C14H11ClN2O2/c1-17-12(5-3-10(8-16)14(17)18)9-4-6-13(19-2)11(15)7-9/h3-7H,1-2H3. The highest BCUT2D eigenvalue weighted by Crippen LogP contribution is 2.29. The van der Waals surface area contributed by atoms with Crippen LogP contribution in [-0.4, -0.2) is 11.7 Å². The fourth-order valence-electron chi connectivity index (χ4n) is 1.84. The minimum atomic E-state index is -0.327. The normalized spacial score (nSPS) is 10.0. The predicted octanol–water partition coefficient (Wildman–Crippen LogP) is 2.59. The van der Waals surface area contributed by atoms with Crippen molar-refractivity contribution in [3.63, 3.8) is 0 Å². The van der Waals surface area contributed by atoms with Gasteiger partial charge >= 0.3 is 0 Å². The lowest BCUT2D eigenvalue weighted by molar-refractivity contribution is 0.415. The quantitative estimate of drug-likeness (QED) is 0.846. The third-order valence-electron chi connectivity index (χ3n) is 2.87. The zero-order valence-corrected chi connectivity index (χ0v) is 11.2. The molecule has 0 saturated heterocycles. The lowest BCUT2D eigenvalue weighted by Crippen LogP contribution is -2.20. The fraction of sp³-hybridized carbons (Fsp3) is 0.143. The van der Waals surface area contributed by atoms with Crippen molar-refractivity contribution in [2.24, 2.45) is 7.05 Å². The van der Waals surface area contributed by atoms with Crippen LogP contribution in [0.3, 0.4) is 0 Å². The van der Waals surface area contributed by atoms with Crippen molar-refractivity contribution in [2.75, 3.05) is 7.11 Å². The van der Waals surface area contributed by atoms with E-state index in [9.17, 15) is 4.79 Å². The van der Waals surface area contributed by atoms with Gasteiger partial charge in [-0.1, -0.05) is 11.6 Å². The van der Waals surface area contributed by atoms with Crippen molar-refractivity contribution in [1.82, 2.24) is 4.57 Å². The van der Waals surface area contributed by atoms with Gasteiger partial charge in [0.2, 0.25) is 0 Å². The molecule has 4 nitrogen and oxygen atoms in total. The number of ether oxygens (including phenoxy) is 1. The van der Waals surface area contributed by atoms with E-state index in [-0.39, 0.29) is 11.1 Å². The Hall–Kier alpha value is -2.25. The molecule has 96 valence electrons. The molecule has 2 aromatic rings. The number of hydrogen-bond donors (Lipinski definition) is 0. The summed E-state index contributed by atoms with van der Waals surface area (Å²) in [5.74, 6) is 0.573. The summed E-state index contributed by atoms with van der Waals surface area (Å²) in [5.41, 5.74) is 1.27. The van der Waals surface area contributed by atoms with Crippen LogP contribution < -0.4 is 10.3 Å². The summed E-state index contributed by atoms with van der Waals surface area (Å²) in [6.07, 6.45) is 0. The smallest absolute Gasteiger partial charge is 0.268 e. The molecule has 0 radical (unpaired) electrons. The molecule has 19 heavy (non-hydrogen) atoms. The Balaban J connectivity index is 2.61. The highest BCUT2D eigenvalue weighted by atomic mass is 35.5. The summed E-state index contributed by atoms with van der Waals surface area (Å²) >= 11 is 6.07. The number of aromatic nitrogens is 1. The van der Waals surface area contributed by atoms with Gasteiger partial charge in [-0.25, -0.2) is 0 Å². The van der Waals surface area contributed by atoms with Crippen LogP contribution in [0.5, 0.6) is 5.75 Å². The maximum absolute atomic E-state index is 11.9. The monoisotopic (exact) mass is 274 g/mol. The van der Waals surface area contributed by atoms with Crippen molar-refractivity contribution >= 4 is 11.6 Å². The van der Waals surface area contributed by atoms with Gasteiger partial charge in [0.15, 0.2) is 0 Å². The zero-order valence-electron chi connectivity index (χ0n) is 10.5. The molecule has 1 heterocycles. The fourth-order valence-corrected chi connectivity index (χ4v) is 2.09. The molecule has 2 rings (SSSR count). The summed E-state index contributed by atoms with van der Waals surface area (Å²) in [6.45, 7) is 0. The predicted molar refractivity (Wildman–Crippen MR) is 73.4 cm³/mol. The Labute approximate surface area is 115 Å². The second-order valence-corrected chi connectivity index (χ2v) is 4.36. The van der Waals surface area contributed by atoms with Crippen molar-refractivity contribution in [3.8, 4) is 23.1 Å². The molecule has 0 spiro atoms. The Morgan fingerprint density at radius 1 is 1.32 bits per heavy atom. The molecule has 0 N–H and O–H groups in total. The van der Waals surface area contributed by atoms with Crippen LogP contribution in [-0.2, 0) is 7.05 Å². The van der Waals surface area contributed by atoms with E-state index in [1.807, 2.05) is 12.1 Å². The van der Waals surface area contributed by atoms with E-state index in [0.29, 0.717) is 16.5 Å². The number of benzene rings is 1. The highest BCUT2D eigenvalue weighted by molar-refractivity contribution is 6.32. The topological polar surface area (TPSA) is 55.0 Å². The Bertz CT molecular complexity index is 729. The van der Waals surface area contributed by atoms with Crippen LogP contribution in [0.1, 0.15) is 5.56 Å². The lowest BCUT2D eigenvalue weighted by atomic mass is 10.1. The molecule has 5 heteroatoms. The first-order valence-electron chi connectivity index (χ1n) is 5.52. The van der Waals surface area contributed by atoms with Crippen LogP contribution in [0, 0.1) is 11.3 Å². The number of rotatable bonds is 2. The number of halogens is 1. The van der Waals surface area contributed by atoms with E-state index in [1.165, 1.54) is 10.6 Å². The lowest BCUT2D eigenvalue weighted by Gasteiger charge is -2.10. The summed E-state index contributed by atoms with van der Waals surface area (Å²) < 4.78 is 6.51. The molecule has 0 bridgehead atoms. The SMILES string of the molecule is COc1ccc(-c2ccc(C#N)c(=O)n2C)cc1Cl. The first-order chi connectivity index (χ1) is 9.08. The van der Waals surface area contributed by atoms with Crippen molar-refractivity contribution in [1.29, 1.82) is 5.26 Å². The molecule has 0 atom stereocenters. The molecule has 1 aromatic carbocycles. The van der Waals surface area contributed by atoms with E-state index in [2.05, 4.69) is 0 Å². The summed E-state index contributed by atoms with van der Waals surface area (Å²) in [6, 6.07) is 10.4. The third-order valence-corrected chi connectivity index (χ3v) is 3.17. The third kappa shape index (κ3) is 2.33. The summed E-state index contributed by atoms with van der Waals surface area (Å²) in [4.78, 5) is 11.9. The molecule has 0 aliphatic rings. The average Bonchev–Trinajstić information content (AvgIpc) is 2.41. The Morgan fingerprint density at radius 3 is 2.63 bits per heavy atom. The number of methoxy groups -OCH3 is 1. The van der Waals surface area contributed by atoms with E-state index in [0.717, 1.165) is 5.56 Å². The number of pyridine rings is 1. The molecule has 0 amide bonds. The summed E-state index contributed by atoms with van der Waals surface area (Å²) in [5, 5.41) is 9.29. The van der Waals surface area contributed by atoms with Gasteiger partial charge < -0.3 is 9.30 Å². The van der Waals surface area contributed by atoms with Crippen molar-refractivity contribution in [3.05, 3.63) is 51.3 Å².